The zero-order chi connectivity index (χ0) is 14.7. The molecule has 0 amide bonds. The van der Waals surface area contributed by atoms with E-state index in [1.165, 1.54) is 3.57 Å². The van der Waals surface area contributed by atoms with E-state index in [0.29, 0.717) is 12.2 Å². The van der Waals surface area contributed by atoms with E-state index >= 15 is 0 Å². The number of aliphatic hydroxyl groups excluding tert-OH is 1. The number of nitrogens with zero attached hydrogens (tertiary/aromatic N) is 3. The van der Waals surface area contributed by atoms with Gasteiger partial charge in [-0.05, 0) is 45.9 Å². The molecule has 0 aliphatic heterocycles. The molecule has 0 spiro atoms. The summed E-state index contributed by atoms with van der Waals surface area (Å²) in [6.45, 7) is 0.644. The fourth-order valence-corrected chi connectivity index (χ4v) is 2.75. The van der Waals surface area contributed by atoms with Crippen LogP contribution in [0.15, 0.2) is 60.8 Å². The van der Waals surface area contributed by atoms with Crippen molar-refractivity contribution in [2.75, 3.05) is 0 Å². The monoisotopic (exact) mass is 391 g/mol. The summed E-state index contributed by atoms with van der Waals surface area (Å²) in [5.41, 5.74) is 2.54. The van der Waals surface area contributed by atoms with Crippen LogP contribution in [-0.2, 0) is 6.54 Å². The van der Waals surface area contributed by atoms with Crippen LogP contribution in [0.5, 0.6) is 0 Å². The van der Waals surface area contributed by atoms with Crippen LogP contribution in [0.4, 0.5) is 0 Å². The minimum atomic E-state index is -0.740. The van der Waals surface area contributed by atoms with E-state index in [-0.39, 0.29) is 0 Å². The number of aromatic nitrogens is 3. The molecule has 0 saturated carbocycles. The van der Waals surface area contributed by atoms with Gasteiger partial charge in [-0.25, -0.2) is 4.68 Å². The van der Waals surface area contributed by atoms with Crippen LogP contribution in [-0.4, -0.2) is 20.1 Å². The molecular weight excluding hydrogens is 377 g/mol. The van der Waals surface area contributed by atoms with E-state index in [4.69, 9.17) is 0 Å². The summed E-state index contributed by atoms with van der Waals surface area (Å²) in [5, 5.41) is 18.5. The second-order valence-electron chi connectivity index (χ2n) is 4.78. The predicted molar refractivity (Wildman–Crippen MR) is 88.8 cm³/mol. The molecule has 106 valence electrons. The Labute approximate surface area is 136 Å². The summed E-state index contributed by atoms with van der Waals surface area (Å²) < 4.78 is 2.93. The third-order valence-corrected chi connectivity index (χ3v) is 3.86. The molecule has 0 saturated heterocycles. The van der Waals surface area contributed by atoms with E-state index in [1.807, 2.05) is 36.4 Å². The lowest BCUT2D eigenvalue weighted by Gasteiger charge is -2.06. The van der Waals surface area contributed by atoms with Gasteiger partial charge in [0.25, 0.3) is 0 Å². The van der Waals surface area contributed by atoms with Gasteiger partial charge in [-0.3, -0.25) is 0 Å². The Bertz CT molecular complexity index is 727. The molecule has 1 heterocycles. The SMILES string of the molecule is OC(c1ccccc1)c1cn(Cc2cccc(I)c2)nn1. The quantitative estimate of drug-likeness (QED) is 0.696. The van der Waals surface area contributed by atoms with Gasteiger partial charge in [0, 0.05) is 3.57 Å². The molecule has 3 rings (SSSR count). The van der Waals surface area contributed by atoms with E-state index in [9.17, 15) is 5.11 Å². The van der Waals surface area contributed by atoms with Crippen LogP contribution in [0.25, 0.3) is 0 Å². The van der Waals surface area contributed by atoms with E-state index in [0.717, 1.165) is 11.1 Å². The third kappa shape index (κ3) is 3.48. The Morgan fingerprint density at radius 2 is 1.90 bits per heavy atom. The number of hydrogen-bond acceptors (Lipinski definition) is 3. The van der Waals surface area contributed by atoms with E-state index < -0.39 is 6.10 Å². The first-order chi connectivity index (χ1) is 10.2. The average Bonchev–Trinajstić information content (AvgIpc) is 2.96. The number of benzene rings is 2. The molecule has 0 bridgehead atoms. The summed E-state index contributed by atoms with van der Waals surface area (Å²) in [5.74, 6) is 0. The number of aliphatic hydroxyl groups is 1. The number of rotatable bonds is 4. The highest BCUT2D eigenvalue weighted by atomic mass is 127. The Kier molecular flexibility index (Phi) is 4.31. The van der Waals surface area contributed by atoms with Crippen LogP contribution in [0.1, 0.15) is 22.9 Å². The van der Waals surface area contributed by atoms with Crippen molar-refractivity contribution < 1.29 is 5.11 Å². The van der Waals surface area contributed by atoms with Crippen molar-refractivity contribution in [1.29, 1.82) is 0 Å². The molecule has 1 unspecified atom stereocenters. The van der Waals surface area contributed by atoms with Gasteiger partial charge in [0.05, 0.1) is 12.7 Å². The summed E-state index contributed by atoms with van der Waals surface area (Å²) in [4.78, 5) is 0. The van der Waals surface area contributed by atoms with Gasteiger partial charge in [0.2, 0.25) is 0 Å². The molecule has 21 heavy (non-hydrogen) atoms. The maximum absolute atomic E-state index is 10.3. The summed E-state index contributed by atoms with van der Waals surface area (Å²) in [6, 6.07) is 17.7. The highest BCUT2D eigenvalue weighted by Gasteiger charge is 2.14. The van der Waals surface area contributed by atoms with Gasteiger partial charge >= 0.3 is 0 Å². The molecule has 3 aromatic rings. The molecule has 0 fully saturated rings. The predicted octanol–water partition coefficient (Wildman–Crippen LogP) is 3.01. The highest BCUT2D eigenvalue weighted by Crippen LogP contribution is 2.19. The van der Waals surface area contributed by atoms with Crippen LogP contribution < -0.4 is 0 Å². The first-order valence-electron chi connectivity index (χ1n) is 6.60. The average molecular weight is 391 g/mol. The topological polar surface area (TPSA) is 50.9 Å². The zero-order valence-electron chi connectivity index (χ0n) is 11.2. The van der Waals surface area contributed by atoms with Crippen molar-refractivity contribution in [2.45, 2.75) is 12.6 Å². The van der Waals surface area contributed by atoms with Crippen molar-refractivity contribution in [2.24, 2.45) is 0 Å². The molecule has 0 aliphatic carbocycles. The largest absolute Gasteiger partial charge is 0.382 e. The van der Waals surface area contributed by atoms with Crippen LogP contribution in [0.3, 0.4) is 0 Å². The molecule has 0 aliphatic rings. The lowest BCUT2D eigenvalue weighted by molar-refractivity contribution is 0.215. The smallest absolute Gasteiger partial charge is 0.124 e. The molecule has 0 radical (unpaired) electrons. The molecule has 1 aromatic heterocycles. The molecule has 1 N–H and O–H groups in total. The van der Waals surface area contributed by atoms with E-state index in [2.05, 4.69) is 51.1 Å². The fourth-order valence-electron chi connectivity index (χ4n) is 2.14. The zero-order valence-corrected chi connectivity index (χ0v) is 13.4. The first-order valence-corrected chi connectivity index (χ1v) is 7.68. The van der Waals surface area contributed by atoms with Crippen LogP contribution in [0, 0.1) is 3.57 Å². The molecule has 1 atom stereocenters. The second-order valence-corrected chi connectivity index (χ2v) is 6.03. The first kappa shape index (κ1) is 14.2. The lowest BCUT2D eigenvalue weighted by atomic mass is 10.1. The van der Waals surface area contributed by atoms with Gasteiger partial charge in [0.1, 0.15) is 11.8 Å². The van der Waals surface area contributed by atoms with Gasteiger partial charge in [-0.15, -0.1) is 5.10 Å². The Morgan fingerprint density at radius 1 is 1.10 bits per heavy atom. The minimum Gasteiger partial charge on any atom is -0.382 e. The van der Waals surface area contributed by atoms with Crippen molar-refractivity contribution in [3.63, 3.8) is 0 Å². The maximum atomic E-state index is 10.3. The van der Waals surface area contributed by atoms with Gasteiger partial charge in [0.15, 0.2) is 0 Å². The standard InChI is InChI=1S/C16H14IN3O/c17-14-8-4-5-12(9-14)10-20-11-15(18-19-20)16(21)13-6-2-1-3-7-13/h1-9,11,16,21H,10H2. The fraction of sp³-hybridized carbons (Fsp3) is 0.125. The summed E-state index contributed by atoms with van der Waals surface area (Å²) >= 11 is 2.29. The summed E-state index contributed by atoms with van der Waals surface area (Å²) in [7, 11) is 0. The van der Waals surface area contributed by atoms with Crippen molar-refractivity contribution in [1.82, 2.24) is 15.0 Å². The minimum absolute atomic E-state index is 0.562. The summed E-state index contributed by atoms with van der Waals surface area (Å²) in [6.07, 6.45) is 1.05. The third-order valence-electron chi connectivity index (χ3n) is 3.19. The van der Waals surface area contributed by atoms with Crippen LogP contribution >= 0.6 is 22.6 Å². The highest BCUT2D eigenvalue weighted by molar-refractivity contribution is 14.1. The molecule has 2 aromatic carbocycles. The molecule has 5 heteroatoms. The van der Waals surface area contributed by atoms with Gasteiger partial charge in [-0.1, -0.05) is 47.7 Å². The Hall–Kier alpha value is -1.73. The Balaban J connectivity index is 1.77. The number of halogens is 1. The second kappa shape index (κ2) is 6.36. The van der Waals surface area contributed by atoms with Crippen molar-refractivity contribution in [3.05, 3.63) is 81.2 Å². The molecule has 4 nitrogen and oxygen atoms in total. The van der Waals surface area contributed by atoms with E-state index in [1.54, 1.807) is 10.9 Å². The van der Waals surface area contributed by atoms with Gasteiger partial charge in [-0.2, -0.15) is 0 Å². The normalized spacial score (nSPS) is 12.3. The molecular formula is C16H14IN3O. The van der Waals surface area contributed by atoms with Gasteiger partial charge < -0.3 is 5.11 Å². The van der Waals surface area contributed by atoms with Crippen molar-refractivity contribution in [3.8, 4) is 0 Å². The van der Waals surface area contributed by atoms with Crippen LogP contribution in [0.2, 0.25) is 0 Å². The number of hydrogen-bond donors (Lipinski definition) is 1. The lowest BCUT2D eigenvalue weighted by Crippen LogP contribution is -2.01. The maximum Gasteiger partial charge on any atom is 0.124 e. The Morgan fingerprint density at radius 3 is 2.67 bits per heavy atom. The van der Waals surface area contributed by atoms with Crippen molar-refractivity contribution >= 4 is 22.6 Å².